The maximum Gasteiger partial charge on any atom is 0.185 e. The summed E-state index contributed by atoms with van der Waals surface area (Å²) < 4.78 is 5.56. The van der Waals surface area contributed by atoms with Gasteiger partial charge in [-0.15, -0.1) is 0 Å². The zero-order valence-electron chi connectivity index (χ0n) is 9.93. The molecule has 0 spiro atoms. The van der Waals surface area contributed by atoms with E-state index < -0.39 is 0 Å². The van der Waals surface area contributed by atoms with E-state index in [0.29, 0.717) is 6.04 Å². The Labute approximate surface area is 99.9 Å². The van der Waals surface area contributed by atoms with Gasteiger partial charge in [0.1, 0.15) is 0 Å². The molecule has 0 radical (unpaired) electrons. The van der Waals surface area contributed by atoms with Crippen LogP contribution in [0.1, 0.15) is 23.9 Å². The molecule has 0 aliphatic carbocycles. The first-order valence-corrected chi connectivity index (χ1v) is 6.36. The number of rotatable bonds is 3. The summed E-state index contributed by atoms with van der Waals surface area (Å²) >= 11 is 1.57. The number of aromatic nitrogens is 1. The smallest absolute Gasteiger partial charge is 0.185 e. The Bertz CT molecular complexity index is 367. The number of thiazole rings is 1. The van der Waals surface area contributed by atoms with Gasteiger partial charge in [-0.3, -0.25) is 0 Å². The fourth-order valence-corrected chi connectivity index (χ4v) is 3.02. The topological polar surface area (TPSA) is 45.6 Å². The van der Waals surface area contributed by atoms with Crippen molar-refractivity contribution in [1.82, 2.24) is 4.98 Å². The molecule has 2 atom stereocenters. The lowest BCUT2D eigenvalue weighted by Crippen LogP contribution is -2.36. The second-order valence-corrected chi connectivity index (χ2v) is 5.27. The Morgan fingerprint density at radius 3 is 2.88 bits per heavy atom. The fraction of sp³-hybridized carbons (Fsp3) is 0.727. The van der Waals surface area contributed by atoms with Gasteiger partial charge < -0.3 is 14.7 Å². The number of hydrogen-bond donors (Lipinski definition) is 1. The Balaban J connectivity index is 2.16. The quantitative estimate of drug-likeness (QED) is 0.873. The molecule has 16 heavy (non-hydrogen) atoms. The van der Waals surface area contributed by atoms with E-state index in [1.807, 2.05) is 6.92 Å². The van der Waals surface area contributed by atoms with Gasteiger partial charge in [-0.25, -0.2) is 4.98 Å². The van der Waals surface area contributed by atoms with Crippen LogP contribution in [-0.4, -0.2) is 35.9 Å². The van der Waals surface area contributed by atoms with E-state index in [4.69, 9.17) is 9.84 Å². The molecule has 1 aromatic rings. The maximum absolute atomic E-state index is 9.16. The normalized spacial score (nSPS) is 25.0. The van der Waals surface area contributed by atoms with Gasteiger partial charge in [-0.2, -0.15) is 0 Å². The van der Waals surface area contributed by atoms with Gasteiger partial charge in [0.2, 0.25) is 0 Å². The number of nitrogens with zero attached hydrogens (tertiary/aromatic N) is 2. The van der Waals surface area contributed by atoms with Crippen molar-refractivity contribution in [3.8, 4) is 0 Å². The summed E-state index contributed by atoms with van der Waals surface area (Å²) in [5.74, 6) is 0. The molecule has 0 bridgehead atoms. The van der Waals surface area contributed by atoms with Crippen molar-refractivity contribution >= 4 is 16.5 Å². The Morgan fingerprint density at radius 2 is 2.38 bits per heavy atom. The summed E-state index contributed by atoms with van der Waals surface area (Å²) in [4.78, 5) is 7.62. The molecule has 1 aliphatic rings. The van der Waals surface area contributed by atoms with Crippen molar-refractivity contribution in [2.45, 2.75) is 39.0 Å². The van der Waals surface area contributed by atoms with Gasteiger partial charge in [0.15, 0.2) is 5.13 Å². The molecular formula is C11H18N2O2S. The molecule has 90 valence electrons. The molecule has 1 fully saturated rings. The predicted octanol–water partition coefficient (Wildman–Crippen LogP) is 1.56. The monoisotopic (exact) mass is 242 g/mol. The number of likely N-dealkylation sites (N-methyl/N-ethyl adjacent to an activating group) is 1. The van der Waals surface area contributed by atoms with Crippen LogP contribution in [0.3, 0.4) is 0 Å². The van der Waals surface area contributed by atoms with Gasteiger partial charge in [0.05, 0.1) is 29.3 Å². The molecule has 1 N–H and O–H groups in total. The molecule has 0 saturated carbocycles. The molecule has 1 aliphatic heterocycles. The lowest BCUT2D eigenvalue weighted by Gasteiger charge is -2.26. The average Bonchev–Trinajstić information content (AvgIpc) is 2.83. The fourth-order valence-electron chi connectivity index (χ4n) is 2.08. The highest BCUT2D eigenvalue weighted by molar-refractivity contribution is 7.15. The van der Waals surface area contributed by atoms with Crippen LogP contribution in [0, 0.1) is 6.92 Å². The van der Waals surface area contributed by atoms with E-state index in [-0.39, 0.29) is 12.7 Å². The third-order valence-electron chi connectivity index (χ3n) is 3.16. The number of hydrogen-bond acceptors (Lipinski definition) is 5. The molecule has 5 heteroatoms. The Kier molecular flexibility index (Phi) is 3.47. The van der Waals surface area contributed by atoms with Crippen molar-refractivity contribution < 1.29 is 9.84 Å². The number of anilines is 1. The van der Waals surface area contributed by atoms with Gasteiger partial charge >= 0.3 is 0 Å². The number of ether oxygens (including phenoxy) is 1. The zero-order valence-corrected chi connectivity index (χ0v) is 10.8. The standard InChI is InChI=1S/C11H18N2O2S/c1-7-10(6-14)16-11(12-7)13(3)9-4-5-15-8(9)2/h8-9,14H,4-6H2,1-3H3. The van der Waals surface area contributed by atoms with E-state index in [2.05, 4.69) is 23.9 Å². The molecule has 1 saturated heterocycles. The SMILES string of the molecule is Cc1nc(N(C)C2CCOC2C)sc1CO. The van der Waals surface area contributed by atoms with Crippen molar-refractivity contribution in [3.63, 3.8) is 0 Å². The number of aliphatic hydroxyl groups excluding tert-OH is 1. The van der Waals surface area contributed by atoms with Gasteiger partial charge in [0.25, 0.3) is 0 Å². The zero-order chi connectivity index (χ0) is 11.7. The molecule has 0 aromatic carbocycles. The minimum Gasteiger partial charge on any atom is -0.391 e. The highest BCUT2D eigenvalue weighted by atomic mass is 32.1. The molecule has 0 amide bonds. The largest absolute Gasteiger partial charge is 0.391 e. The Hall–Kier alpha value is -0.650. The molecule has 2 rings (SSSR count). The van der Waals surface area contributed by atoms with Crippen molar-refractivity contribution in [1.29, 1.82) is 0 Å². The van der Waals surface area contributed by atoms with Crippen LogP contribution < -0.4 is 4.90 Å². The maximum atomic E-state index is 9.16. The first-order chi connectivity index (χ1) is 7.63. The van der Waals surface area contributed by atoms with Crippen LogP contribution in [0.25, 0.3) is 0 Å². The summed E-state index contributed by atoms with van der Waals surface area (Å²) in [7, 11) is 2.05. The molecule has 2 unspecified atom stereocenters. The van der Waals surface area contributed by atoms with E-state index in [1.165, 1.54) is 0 Å². The summed E-state index contributed by atoms with van der Waals surface area (Å²) in [5.41, 5.74) is 0.931. The first-order valence-electron chi connectivity index (χ1n) is 5.55. The molecule has 2 heterocycles. The minimum atomic E-state index is 0.0774. The van der Waals surface area contributed by atoms with E-state index in [0.717, 1.165) is 28.7 Å². The van der Waals surface area contributed by atoms with Crippen LogP contribution in [-0.2, 0) is 11.3 Å². The summed E-state index contributed by atoms with van der Waals surface area (Å²) in [6, 6.07) is 0.400. The van der Waals surface area contributed by atoms with E-state index in [9.17, 15) is 0 Å². The van der Waals surface area contributed by atoms with Crippen LogP contribution >= 0.6 is 11.3 Å². The minimum absolute atomic E-state index is 0.0774. The van der Waals surface area contributed by atoms with Crippen molar-refractivity contribution in [3.05, 3.63) is 10.6 Å². The van der Waals surface area contributed by atoms with Crippen LogP contribution in [0.4, 0.5) is 5.13 Å². The highest BCUT2D eigenvalue weighted by Crippen LogP contribution is 2.29. The van der Waals surface area contributed by atoms with Crippen molar-refractivity contribution in [2.75, 3.05) is 18.6 Å². The van der Waals surface area contributed by atoms with Gasteiger partial charge in [-0.1, -0.05) is 11.3 Å². The first kappa shape index (κ1) is 11.8. The van der Waals surface area contributed by atoms with E-state index in [1.54, 1.807) is 11.3 Å². The lowest BCUT2D eigenvalue weighted by atomic mass is 10.1. The number of aryl methyl sites for hydroxylation is 1. The van der Waals surface area contributed by atoms with Crippen LogP contribution in [0.15, 0.2) is 0 Å². The second-order valence-electron chi connectivity index (χ2n) is 4.21. The average molecular weight is 242 g/mol. The Morgan fingerprint density at radius 1 is 1.62 bits per heavy atom. The molecule has 4 nitrogen and oxygen atoms in total. The second kappa shape index (κ2) is 4.69. The predicted molar refractivity (Wildman–Crippen MR) is 65.0 cm³/mol. The van der Waals surface area contributed by atoms with Gasteiger partial charge in [0, 0.05) is 13.7 Å². The van der Waals surface area contributed by atoms with Crippen molar-refractivity contribution in [2.24, 2.45) is 0 Å². The summed E-state index contributed by atoms with van der Waals surface area (Å²) in [6.45, 7) is 4.94. The third-order valence-corrected chi connectivity index (χ3v) is 4.39. The van der Waals surface area contributed by atoms with Crippen LogP contribution in [0.2, 0.25) is 0 Å². The lowest BCUT2D eigenvalue weighted by molar-refractivity contribution is 0.118. The van der Waals surface area contributed by atoms with E-state index >= 15 is 0 Å². The van der Waals surface area contributed by atoms with Gasteiger partial charge in [-0.05, 0) is 20.3 Å². The highest BCUT2D eigenvalue weighted by Gasteiger charge is 2.29. The van der Waals surface area contributed by atoms with Crippen LogP contribution in [0.5, 0.6) is 0 Å². The third kappa shape index (κ3) is 2.07. The summed E-state index contributed by atoms with van der Waals surface area (Å²) in [6.07, 6.45) is 1.30. The molecular weight excluding hydrogens is 224 g/mol. The number of aliphatic hydroxyl groups is 1. The summed E-state index contributed by atoms with van der Waals surface area (Å²) in [5, 5.41) is 10.1. The molecule has 1 aromatic heterocycles.